The largest absolute Gasteiger partial charge is 0.467 e. The normalized spacial score (nSPS) is 21.4. The zero-order chi connectivity index (χ0) is 18.1. The Morgan fingerprint density at radius 1 is 1.24 bits per heavy atom. The lowest BCUT2D eigenvalue weighted by molar-refractivity contribution is -0.151. The van der Waals surface area contributed by atoms with Gasteiger partial charge in [0.1, 0.15) is 0 Å². The third-order valence-electron chi connectivity index (χ3n) is 4.09. The van der Waals surface area contributed by atoms with Gasteiger partial charge in [-0.2, -0.15) is 0 Å². The van der Waals surface area contributed by atoms with E-state index in [-0.39, 0.29) is 12.5 Å². The summed E-state index contributed by atoms with van der Waals surface area (Å²) in [6.07, 6.45) is 0.494. The molecule has 7 heteroatoms. The van der Waals surface area contributed by atoms with E-state index < -0.39 is 18.1 Å². The van der Waals surface area contributed by atoms with Crippen molar-refractivity contribution in [1.29, 1.82) is 0 Å². The highest BCUT2D eigenvalue weighted by atomic mass is 16.5. The number of aliphatic hydroxyl groups excluding tert-OH is 1. The highest BCUT2D eigenvalue weighted by molar-refractivity contribution is 5.96. The van der Waals surface area contributed by atoms with Crippen molar-refractivity contribution in [2.75, 3.05) is 26.9 Å². The van der Waals surface area contributed by atoms with E-state index in [0.717, 1.165) is 12.0 Å². The van der Waals surface area contributed by atoms with Crippen LogP contribution in [0.1, 0.15) is 35.2 Å². The van der Waals surface area contributed by atoms with Gasteiger partial charge in [-0.25, -0.2) is 4.79 Å². The number of amides is 1. The van der Waals surface area contributed by atoms with Gasteiger partial charge in [0.25, 0.3) is 5.91 Å². The summed E-state index contributed by atoms with van der Waals surface area (Å²) < 4.78 is 15.6. The Kier molecular flexibility index (Phi) is 7.84. The van der Waals surface area contributed by atoms with Crippen molar-refractivity contribution in [1.82, 2.24) is 5.32 Å². The number of hydrogen-bond donors (Lipinski definition) is 2. The third kappa shape index (κ3) is 5.81. The van der Waals surface area contributed by atoms with Gasteiger partial charge in [0.15, 0.2) is 6.10 Å². The molecule has 1 aliphatic rings. The first-order chi connectivity index (χ1) is 12.1. The number of aliphatic hydroxyl groups is 1. The van der Waals surface area contributed by atoms with E-state index in [4.69, 9.17) is 9.47 Å². The lowest BCUT2D eigenvalue weighted by atomic mass is 10.0. The predicted molar refractivity (Wildman–Crippen MR) is 90.0 cm³/mol. The van der Waals surface area contributed by atoms with E-state index in [9.17, 15) is 14.7 Å². The van der Waals surface area contributed by atoms with Crippen molar-refractivity contribution >= 4 is 11.9 Å². The van der Waals surface area contributed by atoms with Crippen molar-refractivity contribution in [3.05, 3.63) is 35.4 Å². The van der Waals surface area contributed by atoms with Crippen LogP contribution in [-0.4, -0.2) is 56.1 Å². The smallest absolute Gasteiger partial charge is 0.336 e. The van der Waals surface area contributed by atoms with Gasteiger partial charge in [-0.05, 0) is 30.9 Å². The van der Waals surface area contributed by atoms with Crippen LogP contribution in [0.25, 0.3) is 0 Å². The molecule has 1 unspecified atom stereocenters. The van der Waals surface area contributed by atoms with Gasteiger partial charge in [0.2, 0.25) is 0 Å². The van der Waals surface area contributed by atoms with Crippen LogP contribution >= 0.6 is 0 Å². The molecule has 0 bridgehead atoms. The molecular weight excluding hydrogens is 326 g/mol. The number of carbonyl (C=O) groups is 2. The number of carbonyl (C=O) groups excluding carboxylic acids is 2. The number of rotatable bonds is 2. The molecule has 25 heavy (non-hydrogen) atoms. The summed E-state index contributed by atoms with van der Waals surface area (Å²) in [7, 11) is 1.21. The molecule has 1 aliphatic heterocycles. The molecule has 0 saturated heterocycles. The first-order valence-corrected chi connectivity index (χ1v) is 8.43. The fourth-order valence-corrected chi connectivity index (χ4v) is 2.68. The number of hydrogen-bond acceptors (Lipinski definition) is 6. The molecule has 1 heterocycles. The Bertz CT molecular complexity index is 576. The average Bonchev–Trinajstić information content (AvgIpc) is 2.64. The molecule has 2 N–H and O–H groups in total. The average molecular weight is 351 g/mol. The van der Waals surface area contributed by atoms with E-state index in [1.807, 2.05) is 12.1 Å². The van der Waals surface area contributed by atoms with Crippen LogP contribution in [0.4, 0.5) is 0 Å². The van der Waals surface area contributed by atoms with Crippen molar-refractivity contribution in [2.45, 2.75) is 38.0 Å². The van der Waals surface area contributed by atoms with Gasteiger partial charge < -0.3 is 24.6 Å². The quantitative estimate of drug-likeness (QED) is 0.773. The number of methoxy groups -OCH3 is 1. The van der Waals surface area contributed by atoms with Gasteiger partial charge in [-0.15, -0.1) is 0 Å². The van der Waals surface area contributed by atoms with Crippen LogP contribution < -0.4 is 5.32 Å². The molecule has 0 aliphatic carbocycles. The monoisotopic (exact) mass is 351 g/mol. The molecule has 0 spiro atoms. The highest BCUT2D eigenvalue weighted by Crippen LogP contribution is 2.14. The Labute approximate surface area is 147 Å². The summed E-state index contributed by atoms with van der Waals surface area (Å²) in [4.78, 5) is 24.3. The predicted octanol–water partition coefficient (Wildman–Crippen LogP) is 1.04. The molecule has 1 aromatic carbocycles. The summed E-state index contributed by atoms with van der Waals surface area (Å²) in [5.41, 5.74) is 1.20. The highest BCUT2D eigenvalue weighted by Gasteiger charge is 2.28. The Morgan fingerprint density at radius 2 is 2.00 bits per heavy atom. The molecule has 1 aromatic rings. The molecule has 2 atom stereocenters. The fourth-order valence-electron chi connectivity index (χ4n) is 2.68. The first-order valence-electron chi connectivity index (χ1n) is 8.43. The van der Waals surface area contributed by atoms with Crippen LogP contribution in [0.2, 0.25) is 0 Å². The molecule has 138 valence electrons. The molecular formula is C18H25NO6. The number of esters is 1. The van der Waals surface area contributed by atoms with Crippen LogP contribution in [0.3, 0.4) is 0 Å². The fraction of sp³-hybridized carbons (Fsp3) is 0.556. The zero-order valence-electron chi connectivity index (χ0n) is 14.4. The molecule has 2 rings (SSSR count). The maximum absolute atomic E-state index is 12.6. The van der Waals surface area contributed by atoms with Crippen molar-refractivity contribution < 1.29 is 28.9 Å². The number of benzene rings is 1. The maximum Gasteiger partial charge on any atom is 0.336 e. The first kappa shape index (κ1) is 19.4. The van der Waals surface area contributed by atoms with Gasteiger partial charge in [0.05, 0.1) is 33.0 Å². The summed E-state index contributed by atoms with van der Waals surface area (Å²) in [6, 6.07) is 6.37. The maximum atomic E-state index is 12.6. The Hall–Kier alpha value is -1.96. The number of nitrogens with one attached hydrogen (secondary N) is 1. The van der Waals surface area contributed by atoms with Crippen molar-refractivity contribution in [3.63, 3.8) is 0 Å². The second-order valence-electron chi connectivity index (χ2n) is 5.87. The third-order valence-corrected chi connectivity index (χ3v) is 4.09. The summed E-state index contributed by atoms with van der Waals surface area (Å²) in [5, 5.41) is 12.9. The van der Waals surface area contributed by atoms with Gasteiger partial charge >= 0.3 is 5.97 Å². The lowest BCUT2D eigenvalue weighted by Crippen LogP contribution is -2.47. The second kappa shape index (κ2) is 10.1. The number of ether oxygens (including phenoxy) is 3. The molecule has 7 nitrogen and oxygen atoms in total. The second-order valence-corrected chi connectivity index (χ2v) is 5.87. The standard InChI is InChI=1S/C18H25NO6/c1-23-18(22)16(20)15-8-4-5-9-24-10-11-25-12-13-6-2-3-7-14(13)17(21)19-15/h2-3,6-7,15-16,20H,4-5,8-12H2,1H3,(H,19,21)/t15-,16?/m0/s1. The SMILES string of the molecule is COC(=O)C(O)[C@@H]1CCCCOCCOCc2ccccc2C(=O)N1. The summed E-state index contributed by atoms with van der Waals surface area (Å²) in [5.74, 6) is -1.11. The van der Waals surface area contributed by atoms with Gasteiger partial charge in [0, 0.05) is 12.2 Å². The molecule has 0 radical (unpaired) electrons. The van der Waals surface area contributed by atoms with Crippen LogP contribution in [0.5, 0.6) is 0 Å². The van der Waals surface area contributed by atoms with Crippen LogP contribution in [-0.2, 0) is 25.6 Å². The van der Waals surface area contributed by atoms with E-state index in [1.165, 1.54) is 7.11 Å². The van der Waals surface area contributed by atoms with E-state index >= 15 is 0 Å². The van der Waals surface area contributed by atoms with Gasteiger partial charge in [-0.1, -0.05) is 18.2 Å². The van der Waals surface area contributed by atoms with Crippen LogP contribution in [0.15, 0.2) is 24.3 Å². The van der Waals surface area contributed by atoms with Crippen molar-refractivity contribution in [2.24, 2.45) is 0 Å². The Morgan fingerprint density at radius 3 is 2.80 bits per heavy atom. The van der Waals surface area contributed by atoms with Gasteiger partial charge in [-0.3, -0.25) is 4.79 Å². The van der Waals surface area contributed by atoms with E-state index in [1.54, 1.807) is 12.1 Å². The van der Waals surface area contributed by atoms with E-state index in [2.05, 4.69) is 10.1 Å². The minimum Gasteiger partial charge on any atom is -0.467 e. The molecule has 0 saturated carbocycles. The molecule has 0 fully saturated rings. The summed E-state index contributed by atoms with van der Waals surface area (Å²) in [6.45, 7) is 1.80. The Balaban J connectivity index is 2.19. The number of fused-ring (bicyclic) bond motifs is 1. The lowest BCUT2D eigenvalue weighted by Gasteiger charge is -2.23. The summed E-state index contributed by atoms with van der Waals surface area (Å²) >= 11 is 0. The minimum atomic E-state index is -1.41. The molecule has 1 amide bonds. The zero-order valence-corrected chi connectivity index (χ0v) is 14.4. The topological polar surface area (TPSA) is 94.1 Å². The van der Waals surface area contributed by atoms with Crippen LogP contribution in [0, 0.1) is 0 Å². The molecule has 0 aromatic heterocycles. The van der Waals surface area contributed by atoms with E-state index in [0.29, 0.717) is 38.2 Å². The van der Waals surface area contributed by atoms with Crippen molar-refractivity contribution in [3.8, 4) is 0 Å². The minimum absolute atomic E-state index is 0.289.